The van der Waals surface area contributed by atoms with Crippen molar-refractivity contribution in [3.05, 3.63) is 66.7 Å². The average Bonchev–Trinajstić information content (AvgIpc) is 3.66. The molecule has 1 aromatic heterocycles. The number of hydrogen-bond acceptors (Lipinski definition) is 9. The largest absolute Gasteiger partial charge is 0.497 e. The van der Waals surface area contributed by atoms with Crippen molar-refractivity contribution >= 4 is 34.8 Å². The Balaban J connectivity index is 1.33. The molecule has 0 radical (unpaired) electrons. The molecule has 50 heavy (non-hydrogen) atoms. The maximum absolute atomic E-state index is 14.1. The lowest BCUT2D eigenvalue weighted by molar-refractivity contribution is -0.149. The number of methoxy groups -OCH3 is 2. The van der Waals surface area contributed by atoms with Crippen LogP contribution in [0.15, 0.2) is 66.7 Å². The van der Waals surface area contributed by atoms with Gasteiger partial charge < -0.3 is 34.5 Å². The molecule has 3 aliphatic rings. The van der Waals surface area contributed by atoms with Gasteiger partial charge in [-0.2, -0.15) is 0 Å². The SMILES string of the molecule is CCOC(=O)C12CC1C=CCCCCCC(C(=O)OC)NC(=O)N1CC(Oc3cc(-c4ccccc4)nc4cc(OC)ccc34)CC1C(=O)N2. The van der Waals surface area contributed by atoms with Crippen LogP contribution in [-0.4, -0.2) is 84.9 Å². The zero-order valence-corrected chi connectivity index (χ0v) is 28.7. The first-order chi connectivity index (χ1) is 24.3. The number of hydrogen-bond donors (Lipinski definition) is 2. The minimum absolute atomic E-state index is 0.0498. The van der Waals surface area contributed by atoms with Gasteiger partial charge in [0.05, 0.1) is 38.6 Å². The minimum Gasteiger partial charge on any atom is -0.497 e. The van der Waals surface area contributed by atoms with Crippen LogP contribution >= 0.6 is 0 Å². The van der Waals surface area contributed by atoms with Crippen LogP contribution in [0.2, 0.25) is 0 Å². The van der Waals surface area contributed by atoms with Crippen molar-refractivity contribution in [2.24, 2.45) is 5.92 Å². The molecular weight excluding hydrogens is 640 g/mol. The molecule has 0 bridgehead atoms. The molecule has 12 heteroatoms. The zero-order valence-electron chi connectivity index (χ0n) is 28.7. The van der Waals surface area contributed by atoms with Crippen molar-refractivity contribution < 1.29 is 38.1 Å². The lowest BCUT2D eigenvalue weighted by Crippen LogP contribution is -2.56. The highest BCUT2D eigenvalue weighted by Gasteiger charge is 2.62. The summed E-state index contributed by atoms with van der Waals surface area (Å²) in [6.45, 7) is 1.95. The molecular formula is C38H44N4O8. The van der Waals surface area contributed by atoms with E-state index in [0.717, 1.165) is 30.2 Å². The molecule has 2 aliphatic heterocycles. The van der Waals surface area contributed by atoms with Gasteiger partial charge in [-0.15, -0.1) is 0 Å². The van der Waals surface area contributed by atoms with Crippen molar-refractivity contribution in [3.63, 3.8) is 0 Å². The number of carbonyl (C=O) groups is 4. The number of rotatable bonds is 7. The Bertz CT molecular complexity index is 1760. The van der Waals surface area contributed by atoms with Gasteiger partial charge in [0.25, 0.3) is 0 Å². The van der Waals surface area contributed by atoms with E-state index >= 15 is 0 Å². The summed E-state index contributed by atoms with van der Waals surface area (Å²) in [5.41, 5.74) is 1.03. The summed E-state index contributed by atoms with van der Waals surface area (Å²) in [7, 11) is 2.88. The molecule has 5 atom stereocenters. The first-order valence-corrected chi connectivity index (χ1v) is 17.3. The molecule has 12 nitrogen and oxygen atoms in total. The first-order valence-electron chi connectivity index (χ1n) is 17.3. The number of ether oxygens (including phenoxy) is 4. The molecule has 0 spiro atoms. The normalized spacial score (nSPS) is 25.5. The number of carbonyl (C=O) groups excluding carboxylic acids is 4. The number of esters is 2. The highest BCUT2D eigenvalue weighted by Crippen LogP contribution is 2.46. The molecule has 2 N–H and O–H groups in total. The number of nitrogens with one attached hydrogen (secondary N) is 2. The zero-order chi connectivity index (χ0) is 35.3. The lowest BCUT2D eigenvalue weighted by atomic mass is 10.1. The fourth-order valence-corrected chi connectivity index (χ4v) is 6.88. The number of nitrogens with zero attached hydrogens (tertiary/aromatic N) is 2. The third-order valence-electron chi connectivity index (χ3n) is 9.68. The predicted octanol–water partition coefficient (Wildman–Crippen LogP) is 4.94. The number of urea groups is 1. The van der Waals surface area contributed by atoms with Gasteiger partial charge in [0.1, 0.15) is 35.2 Å². The number of allylic oxidation sites excluding steroid dienone is 1. The molecule has 6 rings (SSSR count). The third-order valence-corrected chi connectivity index (χ3v) is 9.68. The third kappa shape index (κ3) is 7.39. The topological polar surface area (TPSA) is 145 Å². The fourth-order valence-electron chi connectivity index (χ4n) is 6.88. The van der Waals surface area contributed by atoms with Gasteiger partial charge in [-0.1, -0.05) is 55.3 Å². The monoisotopic (exact) mass is 684 g/mol. The summed E-state index contributed by atoms with van der Waals surface area (Å²) in [4.78, 5) is 60.3. The molecule has 5 unspecified atom stereocenters. The Morgan fingerprint density at radius 3 is 2.62 bits per heavy atom. The van der Waals surface area contributed by atoms with Crippen LogP contribution in [0.5, 0.6) is 11.5 Å². The van der Waals surface area contributed by atoms with Crippen molar-refractivity contribution in [2.75, 3.05) is 27.4 Å². The van der Waals surface area contributed by atoms with Crippen LogP contribution in [0, 0.1) is 5.92 Å². The van der Waals surface area contributed by atoms with Gasteiger partial charge in [-0.05, 0) is 44.7 Å². The van der Waals surface area contributed by atoms with E-state index in [1.165, 1.54) is 12.0 Å². The number of fused-ring (bicyclic) bond motifs is 3. The van der Waals surface area contributed by atoms with E-state index in [2.05, 4.69) is 10.6 Å². The summed E-state index contributed by atoms with van der Waals surface area (Å²) in [5, 5.41) is 6.53. The Morgan fingerprint density at radius 2 is 1.86 bits per heavy atom. The summed E-state index contributed by atoms with van der Waals surface area (Å²) >= 11 is 0. The van der Waals surface area contributed by atoms with E-state index in [4.69, 9.17) is 23.9 Å². The Kier molecular flexibility index (Phi) is 10.5. The minimum atomic E-state index is -1.21. The standard InChI is InChI=1S/C38H44N4O8/c1-4-49-36(45)38-22-25(38)15-11-6-5-7-12-16-29(35(44)48-3)40-37(46)42-23-27(20-32(42)34(43)41-38)50-33-21-30(24-13-9-8-10-14-24)39-31-19-26(47-2)17-18-28(31)33/h8-11,13-15,17-19,21,25,27,29,32H,4-7,12,16,20,22-23H2,1-3H3,(H,40,46)(H,41,43). The van der Waals surface area contributed by atoms with E-state index in [9.17, 15) is 19.2 Å². The van der Waals surface area contributed by atoms with E-state index < -0.39 is 47.6 Å². The number of aromatic nitrogens is 1. The fraction of sp³-hybridized carbons (Fsp3) is 0.447. The Morgan fingerprint density at radius 1 is 1.04 bits per heavy atom. The van der Waals surface area contributed by atoms with Crippen LogP contribution in [0.25, 0.3) is 22.2 Å². The highest BCUT2D eigenvalue weighted by molar-refractivity contribution is 5.96. The molecule has 264 valence electrons. The van der Waals surface area contributed by atoms with Gasteiger partial charge in [-0.3, -0.25) is 4.79 Å². The van der Waals surface area contributed by atoms with Crippen LogP contribution < -0.4 is 20.1 Å². The Hall–Kier alpha value is -5.13. The molecule has 1 aliphatic carbocycles. The molecule has 3 amide bonds. The highest BCUT2D eigenvalue weighted by atomic mass is 16.5. The molecule has 1 saturated heterocycles. The van der Waals surface area contributed by atoms with Gasteiger partial charge >= 0.3 is 18.0 Å². The summed E-state index contributed by atoms with van der Waals surface area (Å²) in [6, 6.07) is 14.6. The second-order valence-corrected chi connectivity index (χ2v) is 13.0. The van der Waals surface area contributed by atoms with E-state index in [1.54, 1.807) is 14.0 Å². The van der Waals surface area contributed by atoms with Crippen molar-refractivity contribution in [2.45, 2.75) is 75.6 Å². The van der Waals surface area contributed by atoms with Crippen LogP contribution in [-0.2, 0) is 23.9 Å². The van der Waals surface area contributed by atoms with Crippen LogP contribution in [0.4, 0.5) is 4.79 Å². The predicted molar refractivity (Wildman–Crippen MR) is 185 cm³/mol. The molecule has 2 aromatic carbocycles. The Labute approximate surface area is 291 Å². The van der Waals surface area contributed by atoms with Crippen molar-refractivity contribution in [1.82, 2.24) is 20.5 Å². The number of amides is 3. The molecule has 2 fully saturated rings. The number of benzene rings is 2. The maximum atomic E-state index is 14.1. The molecule has 1 saturated carbocycles. The summed E-state index contributed by atoms with van der Waals surface area (Å²) in [5.74, 6) is -0.587. The first kappa shape index (κ1) is 34.7. The second kappa shape index (κ2) is 15.2. The quantitative estimate of drug-likeness (QED) is 0.261. The van der Waals surface area contributed by atoms with Crippen LogP contribution in [0.1, 0.15) is 51.9 Å². The van der Waals surface area contributed by atoms with Crippen LogP contribution in [0.3, 0.4) is 0 Å². The van der Waals surface area contributed by atoms with E-state index in [1.807, 2.05) is 66.7 Å². The van der Waals surface area contributed by atoms with Gasteiger partial charge in [0.2, 0.25) is 5.91 Å². The van der Waals surface area contributed by atoms with E-state index in [-0.39, 0.29) is 25.5 Å². The van der Waals surface area contributed by atoms with Crippen molar-refractivity contribution in [1.29, 1.82) is 0 Å². The summed E-state index contributed by atoms with van der Waals surface area (Å²) in [6.07, 6.45) is 7.55. The second-order valence-electron chi connectivity index (χ2n) is 13.0. The summed E-state index contributed by atoms with van der Waals surface area (Å²) < 4.78 is 22.5. The smallest absolute Gasteiger partial charge is 0.332 e. The maximum Gasteiger partial charge on any atom is 0.332 e. The number of pyridine rings is 1. The average molecular weight is 685 g/mol. The lowest BCUT2D eigenvalue weighted by Gasteiger charge is -2.28. The van der Waals surface area contributed by atoms with E-state index in [0.29, 0.717) is 42.0 Å². The molecule has 3 aromatic rings. The van der Waals surface area contributed by atoms with Gasteiger partial charge in [0.15, 0.2) is 0 Å². The molecule has 3 heterocycles. The van der Waals surface area contributed by atoms with Gasteiger partial charge in [-0.25, -0.2) is 19.4 Å². The van der Waals surface area contributed by atoms with Gasteiger partial charge in [0, 0.05) is 35.4 Å². The van der Waals surface area contributed by atoms with Crippen molar-refractivity contribution in [3.8, 4) is 22.8 Å².